The zero-order chi connectivity index (χ0) is 15.7. The second-order valence-corrected chi connectivity index (χ2v) is 6.26. The van der Waals surface area contributed by atoms with Crippen molar-refractivity contribution in [2.24, 2.45) is 5.92 Å². The van der Waals surface area contributed by atoms with Crippen LogP contribution >= 0.6 is 11.6 Å². The fraction of sp³-hybridized carbons (Fsp3) is 0.667. The quantitative estimate of drug-likeness (QED) is 0.592. The Bertz CT molecular complexity index is 402. The summed E-state index contributed by atoms with van der Waals surface area (Å²) in [5.41, 5.74) is 1.03. The molecule has 0 spiro atoms. The molecule has 0 aliphatic heterocycles. The molecule has 0 aromatic heterocycles. The highest BCUT2D eigenvalue weighted by molar-refractivity contribution is 6.30. The fourth-order valence-electron chi connectivity index (χ4n) is 2.94. The average molecular weight is 314 g/mol. The second kappa shape index (κ2) is 10.2. The summed E-state index contributed by atoms with van der Waals surface area (Å²) in [5, 5.41) is 3.87. The Labute approximate surface area is 134 Å². The molecular formula is C18H29ClFN. The van der Waals surface area contributed by atoms with Crippen molar-refractivity contribution in [3.63, 3.8) is 0 Å². The van der Waals surface area contributed by atoms with Gasteiger partial charge in [-0.15, -0.1) is 0 Å². The van der Waals surface area contributed by atoms with Crippen LogP contribution in [-0.2, 0) is 6.42 Å². The van der Waals surface area contributed by atoms with Crippen molar-refractivity contribution in [2.45, 2.75) is 65.3 Å². The smallest absolute Gasteiger partial charge is 0.142 e. The van der Waals surface area contributed by atoms with Gasteiger partial charge in [-0.2, -0.15) is 0 Å². The molecule has 0 aliphatic carbocycles. The fourth-order valence-corrected chi connectivity index (χ4v) is 3.06. The minimum Gasteiger partial charge on any atom is -0.313 e. The molecule has 0 saturated heterocycles. The first-order valence-corrected chi connectivity index (χ1v) is 8.67. The zero-order valence-electron chi connectivity index (χ0n) is 13.6. The van der Waals surface area contributed by atoms with Crippen LogP contribution in [-0.4, -0.2) is 12.6 Å². The topological polar surface area (TPSA) is 12.0 Å². The summed E-state index contributed by atoms with van der Waals surface area (Å²) in [6, 6.07) is 5.61. The average Bonchev–Trinajstić information content (AvgIpc) is 2.47. The van der Waals surface area contributed by atoms with Crippen molar-refractivity contribution < 1.29 is 4.39 Å². The largest absolute Gasteiger partial charge is 0.313 e. The van der Waals surface area contributed by atoms with Crippen molar-refractivity contribution >= 4 is 11.6 Å². The lowest BCUT2D eigenvalue weighted by Gasteiger charge is -2.28. The van der Waals surface area contributed by atoms with Crippen LogP contribution in [0.5, 0.6) is 0 Å². The molecule has 0 radical (unpaired) electrons. The maximum atomic E-state index is 13.6. The van der Waals surface area contributed by atoms with Crippen LogP contribution in [0, 0.1) is 11.7 Å². The van der Waals surface area contributed by atoms with E-state index in [9.17, 15) is 4.39 Å². The third-order valence-electron chi connectivity index (χ3n) is 3.98. The van der Waals surface area contributed by atoms with E-state index in [4.69, 9.17) is 11.6 Å². The van der Waals surface area contributed by atoms with Gasteiger partial charge in [-0.1, -0.05) is 51.3 Å². The van der Waals surface area contributed by atoms with E-state index in [1.807, 2.05) is 6.07 Å². The van der Waals surface area contributed by atoms with E-state index in [0.29, 0.717) is 12.0 Å². The highest BCUT2D eigenvalue weighted by Crippen LogP contribution is 2.23. The normalized spacial score (nSPS) is 12.9. The molecule has 1 nitrogen and oxygen atoms in total. The summed E-state index contributed by atoms with van der Waals surface area (Å²) in [4.78, 5) is 0. The Morgan fingerprint density at radius 1 is 1.10 bits per heavy atom. The van der Waals surface area contributed by atoms with Crippen molar-refractivity contribution in [1.29, 1.82) is 0 Å². The monoisotopic (exact) mass is 313 g/mol. The number of hydrogen-bond donors (Lipinski definition) is 1. The van der Waals surface area contributed by atoms with Crippen molar-refractivity contribution in [2.75, 3.05) is 6.54 Å². The van der Waals surface area contributed by atoms with Gasteiger partial charge in [-0.3, -0.25) is 0 Å². The van der Waals surface area contributed by atoms with E-state index < -0.39 is 0 Å². The van der Waals surface area contributed by atoms with Crippen LogP contribution in [0.2, 0.25) is 5.02 Å². The van der Waals surface area contributed by atoms with E-state index in [-0.39, 0.29) is 10.8 Å². The Kier molecular flexibility index (Phi) is 8.94. The Morgan fingerprint density at radius 2 is 1.76 bits per heavy atom. The van der Waals surface area contributed by atoms with Crippen LogP contribution in [0.4, 0.5) is 4.39 Å². The molecule has 1 rings (SSSR count). The minimum absolute atomic E-state index is 0.204. The predicted octanol–water partition coefficient (Wildman–Crippen LogP) is 5.61. The molecule has 0 bridgehead atoms. The second-order valence-electron chi connectivity index (χ2n) is 5.85. The lowest BCUT2D eigenvalue weighted by Crippen LogP contribution is -2.38. The Hall–Kier alpha value is -0.600. The van der Waals surface area contributed by atoms with Crippen molar-refractivity contribution in [3.8, 4) is 0 Å². The van der Waals surface area contributed by atoms with E-state index >= 15 is 0 Å². The summed E-state index contributed by atoms with van der Waals surface area (Å²) >= 11 is 5.77. The van der Waals surface area contributed by atoms with Crippen LogP contribution in [0.25, 0.3) is 0 Å². The molecule has 0 fully saturated rings. The van der Waals surface area contributed by atoms with Crippen LogP contribution < -0.4 is 5.32 Å². The summed E-state index contributed by atoms with van der Waals surface area (Å²) in [7, 11) is 0. The molecule has 1 aromatic rings. The predicted molar refractivity (Wildman–Crippen MR) is 90.5 cm³/mol. The van der Waals surface area contributed by atoms with Crippen LogP contribution in [0.15, 0.2) is 18.2 Å². The van der Waals surface area contributed by atoms with E-state index in [1.165, 1.54) is 25.7 Å². The number of nitrogens with one attached hydrogen (secondary N) is 1. The molecule has 0 amide bonds. The number of hydrogen-bond acceptors (Lipinski definition) is 1. The molecular weight excluding hydrogens is 285 g/mol. The standard InChI is InChI=1S/C18H29ClFN/c1-4-7-15(8-5-2)18(21-11-6-3)13-14-9-10-16(19)17(20)12-14/h9-10,12,15,18,21H,4-8,11,13H2,1-3H3. The summed E-state index contributed by atoms with van der Waals surface area (Å²) < 4.78 is 13.6. The third kappa shape index (κ3) is 6.36. The van der Waals surface area contributed by atoms with Gasteiger partial charge in [0.05, 0.1) is 5.02 Å². The molecule has 0 heterocycles. The van der Waals surface area contributed by atoms with E-state index in [2.05, 4.69) is 26.1 Å². The lowest BCUT2D eigenvalue weighted by molar-refractivity contribution is 0.308. The first-order chi connectivity index (χ1) is 10.1. The summed E-state index contributed by atoms with van der Waals surface area (Å²) in [6.07, 6.45) is 6.85. The molecule has 1 N–H and O–H groups in total. The molecule has 0 aliphatic rings. The van der Waals surface area contributed by atoms with Gasteiger partial charge in [0, 0.05) is 6.04 Å². The van der Waals surface area contributed by atoms with E-state index in [1.54, 1.807) is 12.1 Å². The van der Waals surface area contributed by atoms with Gasteiger partial charge in [0.2, 0.25) is 0 Å². The number of rotatable bonds is 10. The summed E-state index contributed by atoms with van der Waals surface area (Å²) in [6.45, 7) is 7.67. The number of benzene rings is 1. The van der Waals surface area contributed by atoms with Gasteiger partial charge < -0.3 is 5.32 Å². The summed E-state index contributed by atoms with van der Waals surface area (Å²) in [5.74, 6) is 0.344. The highest BCUT2D eigenvalue weighted by atomic mass is 35.5. The third-order valence-corrected chi connectivity index (χ3v) is 4.29. The Morgan fingerprint density at radius 3 is 2.29 bits per heavy atom. The van der Waals surface area contributed by atoms with Gasteiger partial charge in [0.25, 0.3) is 0 Å². The van der Waals surface area contributed by atoms with Gasteiger partial charge in [-0.25, -0.2) is 4.39 Å². The molecule has 0 saturated carbocycles. The molecule has 21 heavy (non-hydrogen) atoms. The van der Waals surface area contributed by atoms with Gasteiger partial charge >= 0.3 is 0 Å². The SMILES string of the molecule is CCCNC(Cc1ccc(Cl)c(F)c1)C(CCC)CCC. The zero-order valence-corrected chi connectivity index (χ0v) is 14.3. The van der Waals surface area contributed by atoms with Crippen molar-refractivity contribution in [3.05, 3.63) is 34.6 Å². The number of halogens is 2. The van der Waals surface area contributed by atoms with Gasteiger partial charge in [-0.05, 0) is 55.8 Å². The molecule has 1 atom stereocenters. The maximum Gasteiger partial charge on any atom is 0.142 e. The maximum absolute atomic E-state index is 13.6. The lowest BCUT2D eigenvalue weighted by atomic mass is 9.86. The van der Waals surface area contributed by atoms with Gasteiger partial charge in [0.15, 0.2) is 0 Å². The highest BCUT2D eigenvalue weighted by Gasteiger charge is 2.20. The molecule has 3 heteroatoms. The molecule has 1 unspecified atom stereocenters. The first kappa shape index (κ1) is 18.4. The minimum atomic E-state index is -0.314. The van der Waals surface area contributed by atoms with Crippen molar-refractivity contribution in [1.82, 2.24) is 5.32 Å². The molecule has 1 aromatic carbocycles. The first-order valence-electron chi connectivity index (χ1n) is 8.29. The van der Waals surface area contributed by atoms with E-state index in [0.717, 1.165) is 24.9 Å². The van der Waals surface area contributed by atoms with Crippen LogP contribution in [0.3, 0.4) is 0 Å². The Balaban J connectivity index is 2.81. The van der Waals surface area contributed by atoms with Crippen LogP contribution in [0.1, 0.15) is 58.4 Å². The molecule has 120 valence electrons. The van der Waals surface area contributed by atoms with Gasteiger partial charge in [0.1, 0.15) is 5.82 Å².